The van der Waals surface area contributed by atoms with Gasteiger partial charge in [-0.05, 0) is 24.3 Å². The van der Waals surface area contributed by atoms with Gasteiger partial charge in [0.1, 0.15) is 17.9 Å². The van der Waals surface area contributed by atoms with Gasteiger partial charge in [0, 0.05) is 0 Å². The van der Waals surface area contributed by atoms with Crippen LogP contribution in [0, 0.1) is 10.1 Å². The molecule has 1 aromatic heterocycles. The Bertz CT molecular complexity index is 986. The Balaban J connectivity index is 1.76. The molecule has 0 N–H and O–H groups in total. The summed E-state index contributed by atoms with van der Waals surface area (Å²) in [5.74, 6) is 0.447. The molecule has 0 unspecified atom stereocenters. The van der Waals surface area contributed by atoms with Crippen LogP contribution in [-0.2, 0) is 6.54 Å². The molecule has 25 heavy (non-hydrogen) atoms. The minimum atomic E-state index is -0.556. The van der Waals surface area contributed by atoms with Gasteiger partial charge in [0.25, 0.3) is 5.56 Å². The van der Waals surface area contributed by atoms with Crippen molar-refractivity contribution in [2.75, 3.05) is 13.7 Å². The minimum Gasteiger partial charge on any atom is -0.496 e. The van der Waals surface area contributed by atoms with Gasteiger partial charge in [-0.25, -0.2) is 4.68 Å². The zero-order valence-electron chi connectivity index (χ0n) is 13.3. The van der Waals surface area contributed by atoms with E-state index in [4.69, 9.17) is 9.47 Å². The molecular formula is C16H14N4O5. The molecule has 2 aromatic carbocycles. The molecule has 0 radical (unpaired) electrons. The highest BCUT2D eigenvalue weighted by atomic mass is 16.6. The Morgan fingerprint density at radius 1 is 1.24 bits per heavy atom. The van der Waals surface area contributed by atoms with E-state index in [1.54, 1.807) is 30.3 Å². The zero-order chi connectivity index (χ0) is 17.8. The Labute approximate surface area is 141 Å². The minimum absolute atomic E-state index is 0.0279. The van der Waals surface area contributed by atoms with Crippen molar-refractivity contribution in [2.24, 2.45) is 0 Å². The van der Waals surface area contributed by atoms with Crippen LogP contribution in [-0.4, -0.2) is 33.6 Å². The molecule has 3 aromatic rings. The molecule has 0 spiro atoms. The summed E-state index contributed by atoms with van der Waals surface area (Å²) in [4.78, 5) is 22.9. The summed E-state index contributed by atoms with van der Waals surface area (Å²) in [6, 6.07) is 11.2. The number of hydrogen-bond acceptors (Lipinski definition) is 7. The number of ether oxygens (including phenoxy) is 2. The second-order valence-electron chi connectivity index (χ2n) is 5.07. The van der Waals surface area contributed by atoms with Gasteiger partial charge in [0.05, 0.1) is 30.0 Å². The lowest BCUT2D eigenvalue weighted by Gasteiger charge is -2.09. The number of aromatic nitrogens is 3. The van der Waals surface area contributed by atoms with Gasteiger partial charge in [-0.1, -0.05) is 17.3 Å². The molecule has 0 saturated heterocycles. The second kappa shape index (κ2) is 6.95. The highest BCUT2D eigenvalue weighted by Crippen LogP contribution is 2.30. The number of nitrogens with zero attached hydrogens (tertiary/aromatic N) is 4. The smallest absolute Gasteiger partial charge is 0.314 e. The van der Waals surface area contributed by atoms with E-state index in [1.807, 2.05) is 0 Å². The Kier molecular flexibility index (Phi) is 4.55. The molecule has 0 fully saturated rings. The standard InChI is InChI=1S/C16H14N4O5/c1-24-11-6-7-15(14(10-11)20(22)23)25-9-8-19-16(21)12-4-2-3-5-13(12)17-18-19/h2-7,10H,8-9H2,1H3. The zero-order valence-corrected chi connectivity index (χ0v) is 13.3. The van der Waals surface area contributed by atoms with Crippen molar-refractivity contribution in [3.63, 3.8) is 0 Å². The third kappa shape index (κ3) is 3.39. The molecule has 3 rings (SSSR count). The molecule has 0 aliphatic carbocycles. The van der Waals surface area contributed by atoms with Crippen molar-refractivity contribution in [3.8, 4) is 11.5 Å². The molecule has 0 bridgehead atoms. The van der Waals surface area contributed by atoms with E-state index in [0.717, 1.165) is 4.68 Å². The van der Waals surface area contributed by atoms with Crippen LogP contribution in [0.2, 0.25) is 0 Å². The van der Waals surface area contributed by atoms with E-state index >= 15 is 0 Å². The van der Waals surface area contributed by atoms with E-state index in [-0.39, 0.29) is 30.1 Å². The first-order valence-corrected chi connectivity index (χ1v) is 7.38. The van der Waals surface area contributed by atoms with E-state index in [0.29, 0.717) is 16.7 Å². The number of methoxy groups -OCH3 is 1. The molecule has 9 nitrogen and oxygen atoms in total. The number of hydrogen-bond donors (Lipinski definition) is 0. The number of nitro groups is 1. The SMILES string of the molecule is COc1ccc(OCCn2nnc3ccccc3c2=O)c([N+](=O)[O-])c1. The number of fused-ring (bicyclic) bond motifs is 1. The highest BCUT2D eigenvalue weighted by molar-refractivity contribution is 5.76. The van der Waals surface area contributed by atoms with E-state index in [9.17, 15) is 14.9 Å². The normalized spacial score (nSPS) is 10.6. The van der Waals surface area contributed by atoms with E-state index in [2.05, 4.69) is 10.3 Å². The lowest BCUT2D eigenvalue weighted by molar-refractivity contribution is -0.385. The van der Waals surface area contributed by atoms with Crippen LogP contribution in [0.5, 0.6) is 11.5 Å². The summed E-state index contributed by atoms with van der Waals surface area (Å²) in [7, 11) is 1.42. The molecule has 0 saturated carbocycles. The van der Waals surface area contributed by atoms with Crippen LogP contribution >= 0.6 is 0 Å². The number of rotatable bonds is 6. The Morgan fingerprint density at radius 3 is 2.80 bits per heavy atom. The van der Waals surface area contributed by atoms with Crippen molar-refractivity contribution in [3.05, 3.63) is 62.9 Å². The van der Waals surface area contributed by atoms with Crippen molar-refractivity contribution >= 4 is 16.6 Å². The monoisotopic (exact) mass is 342 g/mol. The molecule has 128 valence electrons. The fourth-order valence-corrected chi connectivity index (χ4v) is 2.30. The van der Waals surface area contributed by atoms with Gasteiger partial charge in [-0.2, -0.15) is 0 Å². The third-order valence-electron chi connectivity index (χ3n) is 3.55. The van der Waals surface area contributed by atoms with Crippen molar-refractivity contribution in [1.29, 1.82) is 0 Å². The largest absolute Gasteiger partial charge is 0.496 e. The maximum absolute atomic E-state index is 12.3. The van der Waals surface area contributed by atoms with Gasteiger partial charge in [0.15, 0.2) is 5.75 Å². The quantitative estimate of drug-likeness (QED) is 0.496. The fraction of sp³-hybridized carbons (Fsp3) is 0.188. The number of nitro benzene ring substituents is 1. The summed E-state index contributed by atoms with van der Waals surface area (Å²) < 4.78 is 11.6. The van der Waals surface area contributed by atoms with E-state index < -0.39 is 4.92 Å². The Morgan fingerprint density at radius 2 is 2.04 bits per heavy atom. The highest BCUT2D eigenvalue weighted by Gasteiger charge is 2.16. The van der Waals surface area contributed by atoms with Crippen LogP contribution in [0.25, 0.3) is 10.9 Å². The van der Waals surface area contributed by atoms with Crippen molar-refractivity contribution in [2.45, 2.75) is 6.54 Å². The predicted molar refractivity (Wildman–Crippen MR) is 88.9 cm³/mol. The molecule has 0 aliphatic heterocycles. The first-order chi connectivity index (χ1) is 12.1. The molecular weight excluding hydrogens is 328 g/mol. The summed E-state index contributed by atoms with van der Waals surface area (Å²) in [5, 5.41) is 19.4. The molecule has 0 amide bonds. The molecule has 1 heterocycles. The molecule has 0 atom stereocenters. The van der Waals surface area contributed by atoms with Crippen LogP contribution in [0.15, 0.2) is 47.3 Å². The maximum atomic E-state index is 12.3. The fourth-order valence-electron chi connectivity index (χ4n) is 2.30. The van der Waals surface area contributed by atoms with Gasteiger partial charge < -0.3 is 9.47 Å². The summed E-state index contributed by atoms with van der Waals surface area (Å²) in [6.45, 7) is 0.139. The Hall–Kier alpha value is -3.49. The van der Waals surface area contributed by atoms with Gasteiger partial charge in [-0.3, -0.25) is 14.9 Å². The summed E-state index contributed by atoms with van der Waals surface area (Å²) in [6.07, 6.45) is 0. The summed E-state index contributed by atoms with van der Waals surface area (Å²) >= 11 is 0. The molecule has 0 aliphatic rings. The van der Waals surface area contributed by atoms with Gasteiger partial charge >= 0.3 is 5.69 Å². The van der Waals surface area contributed by atoms with Crippen LogP contribution in [0.3, 0.4) is 0 Å². The van der Waals surface area contributed by atoms with Crippen LogP contribution in [0.1, 0.15) is 0 Å². The van der Waals surface area contributed by atoms with E-state index in [1.165, 1.54) is 19.2 Å². The lowest BCUT2D eigenvalue weighted by atomic mass is 10.2. The predicted octanol–water partition coefficient (Wildman–Crippen LogP) is 1.79. The maximum Gasteiger partial charge on any atom is 0.314 e. The average molecular weight is 342 g/mol. The lowest BCUT2D eigenvalue weighted by Crippen LogP contribution is -2.26. The van der Waals surface area contributed by atoms with Crippen molar-refractivity contribution in [1.82, 2.24) is 15.0 Å². The van der Waals surface area contributed by atoms with Crippen LogP contribution < -0.4 is 15.0 Å². The topological polar surface area (TPSA) is 109 Å². The third-order valence-corrected chi connectivity index (χ3v) is 3.55. The molecule has 9 heteroatoms. The second-order valence-corrected chi connectivity index (χ2v) is 5.07. The first kappa shape index (κ1) is 16.4. The first-order valence-electron chi connectivity index (χ1n) is 7.38. The van der Waals surface area contributed by atoms with Crippen LogP contribution in [0.4, 0.5) is 5.69 Å². The number of benzene rings is 2. The van der Waals surface area contributed by atoms with Gasteiger partial charge in [-0.15, -0.1) is 5.10 Å². The average Bonchev–Trinajstić information content (AvgIpc) is 2.64. The van der Waals surface area contributed by atoms with Gasteiger partial charge in [0.2, 0.25) is 0 Å². The summed E-state index contributed by atoms with van der Waals surface area (Å²) in [5.41, 5.74) is 0.00480. The van der Waals surface area contributed by atoms with Crippen molar-refractivity contribution < 1.29 is 14.4 Å².